The van der Waals surface area contributed by atoms with Crippen molar-refractivity contribution in [2.45, 2.75) is 6.92 Å². The Morgan fingerprint density at radius 1 is 1.33 bits per heavy atom. The van der Waals surface area contributed by atoms with Crippen LogP contribution in [-0.2, 0) is 4.79 Å². The van der Waals surface area contributed by atoms with Crippen LogP contribution in [0.1, 0.15) is 21.7 Å². The molecule has 3 rings (SSSR count). The molecule has 0 unspecified atom stereocenters. The van der Waals surface area contributed by atoms with Crippen LogP contribution < -0.4 is 11.1 Å². The lowest BCUT2D eigenvalue weighted by Gasteiger charge is -2.08. The van der Waals surface area contributed by atoms with Gasteiger partial charge in [-0.3, -0.25) is 0 Å². The average molecular weight is 336 g/mol. The summed E-state index contributed by atoms with van der Waals surface area (Å²) in [6.07, 6.45) is 1.45. The Balaban J connectivity index is 2.08. The van der Waals surface area contributed by atoms with Gasteiger partial charge in [-0.05, 0) is 30.0 Å². The van der Waals surface area contributed by atoms with Crippen molar-refractivity contribution < 1.29 is 4.79 Å². The monoisotopic (exact) mass is 336 g/mol. The molecule has 0 atom stereocenters. The van der Waals surface area contributed by atoms with E-state index in [1.807, 2.05) is 31.1 Å². The maximum Gasteiger partial charge on any atom is 0.150 e. The van der Waals surface area contributed by atoms with Crippen molar-refractivity contribution in [3.8, 4) is 0 Å². The molecule has 0 amide bonds. The normalized spacial score (nSPS) is 10.4. The second-order valence-corrected chi connectivity index (χ2v) is 6.37. The first-order valence-electron chi connectivity index (χ1n) is 7.28. The molecular weight excluding hydrogens is 320 g/mol. The molecule has 24 heavy (non-hydrogen) atoms. The van der Waals surface area contributed by atoms with E-state index in [4.69, 9.17) is 5.73 Å². The number of benzene rings is 1. The van der Waals surface area contributed by atoms with Gasteiger partial charge < -0.3 is 11.1 Å². The first-order chi connectivity index (χ1) is 11.5. The Kier molecular flexibility index (Phi) is 4.16. The van der Waals surface area contributed by atoms with Crippen molar-refractivity contribution in [3.63, 3.8) is 0 Å². The summed E-state index contributed by atoms with van der Waals surface area (Å²) >= 11 is 1.59. The molecule has 0 radical (unpaired) electrons. The molecule has 0 aliphatic rings. The molecule has 120 valence electrons. The molecule has 2 heterocycles. The van der Waals surface area contributed by atoms with Crippen molar-refractivity contribution >= 4 is 44.5 Å². The van der Waals surface area contributed by atoms with E-state index < -0.39 is 0 Å². The van der Waals surface area contributed by atoms with E-state index in [1.54, 1.807) is 18.4 Å². The SMILES string of the molecule is C=C(c1cc2ccc(C(=C=O)NC)cc2s1)c1c(C)ncnc1N. The summed E-state index contributed by atoms with van der Waals surface area (Å²) in [4.78, 5) is 20.2. The number of hydrogen-bond donors (Lipinski definition) is 2. The van der Waals surface area contributed by atoms with E-state index in [-0.39, 0.29) is 0 Å². The highest BCUT2D eigenvalue weighted by Gasteiger charge is 2.14. The number of thiophene rings is 1. The fraction of sp³-hybridized carbons (Fsp3) is 0.111. The summed E-state index contributed by atoms with van der Waals surface area (Å²) < 4.78 is 1.06. The highest BCUT2D eigenvalue weighted by molar-refractivity contribution is 7.20. The number of fused-ring (bicyclic) bond motifs is 1. The van der Waals surface area contributed by atoms with E-state index in [0.717, 1.165) is 37.4 Å². The van der Waals surface area contributed by atoms with Crippen LogP contribution in [0, 0.1) is 6.92 Å². The summed E-state index contributed by atoms with van der Waals surface area (Å²) in [5, 5.41) is 3.93. The lowest BCUT2D eigenvalue weighted by atomic mass is 10.0. The molecule has 0 aliphatic heterocycles. The number of nitrogens with two attached hydrogens (primary N) is 1. The van der Waals surface area contributed by atoms with Crippen LogP contribution in [0.25, 0.3) is 21.4 Å². The van der Waals surface area contributed by atoms with Gasteiger partial charge in [0, 0.05) is 27.8 Å². The third kappa shape index (κ3) is 2.69. The molecule has 0 fully saturated rings. The van der Waals surface area contributed by atoms with Gasteiger partial charge in [0.2, 0.25) is 0 Å². The largest absolute Gasteiger partial charge is 0.383 e. The summed E-state index contributed by atoms with van der Waals surface area (Å²) in [6, 6.07) is 7.89. The lowest BCUT2D eigenvalue weighted by Crippen LogP contribution is -2.04. The third-order valence-electron chi connectivity index (χ3n) is 3.83. The topological polar surface area (TPSA) is 80.9 Å². The van der Waals surface area contributed by atoms with E-state index in [9.17, 15) is 4.79 Å². The average Bonchev–Trinajstić information content (AvgIpc) is 2.99. The molecule has 0 saturated heterocycles. The van der Waals surface area contributed by atoms with Crippen molar-refractivity contribution in [2.75, 3.05) is 12.8 Å². The van der Waals surface area contributed by atoms with Gasteiger partial charge >= 0.3 is 0 Å². The number of nitrogens with one attached hydrogen (secondary N) is 1. The van der Waals surface area contributed by atoms with E-state index in [2.05, 4.69) is 27.9 Å². The molecule has 6 heteroatoms. The van der Waals surface area contributed by atoms with Crippen LogP contribution >= 0.6 is 11.3 Å². The second kappa shape index (κ2) is 6.28. The summed E-state index contributed by atoms with van der Waals surface area (Å²) in [6.45, 7) is 6.06. The number of anilines is 1. The fourth-order valence-electron chi connectivity index (χ4n) is 2.58. The maximum atomic E-state index is 11.0. The zero-order valence-electron chi connectivity index (χ0n) is 13.4. The minimum atomic E-state index is 0.423. The first kappa shape index (κ1) is 15.9. The van der Waals surface area contributed by atoms with Gasteiger partial charge in [-0.25, -0.2) is 14.8 Å². The molecule has 5 nitrogen and oxygen atoms in total. The van der Waals surface area contributed by atoms with Gasteiger partial charge in [0.05, 0.1) is 5.69 Å². The Morgan fingerprint density at radius 2 is 2.12 bits per heavy atom. The minimum absolute atomic E-state index is 0.423. The number of carbonyl (C=O) groups excluding carboxylic acids is 1. The molecular formula is C18H16N4OS. The molecule has 1 aromatic carbocycles. The Hall–Kier alpha value is -2.95. The Labute approximate surface area is 143 Å². The highest BCUT2D eigenvalue weighted by atomic mass is 32.1. The minimum Gasteiger partial charge on any atom is -0.383 e. The standard InChI is InChI=1S/C18H16N4OS/c1-10(17-11(2)21-9-22-18(17)19)15-7-13-5-4-12(6-16(13)24-15)14(8-23)20-3/h4-7,9,20H,1H2,2-3H3,(H2,19,21,22). The van der Waals surface area contributed by atoms with Crippen LogP contribution in [-0.4, -0.2) is 23.0 Å². The van der Waals surface area contributed by atoms with E-state index >= 15 is 0 Å². The number of aryl methyl sites for hydroxylation is 1. The maximum absolute atomic E-state index is 11.0. The molecule has 3 aromatic rings. The number of nitrogens with zero attached hydrogens (tertiary/aromatic N) is 2. The Bertz CT molecular complexity index is 979. The molecule has 3 N–H and O–H groups in total. The summed E-state index contributed by atoms with van der Waals surface area (Å²) in [7, 11) is 1.70. The molecule has 0 spiro atoms. The van der Waals surface area contributed by atoms with Crippen LogP contribution in [0.15, 0.2) is 37.2 Å². The second-order valence-electron chi connectivity index (χ2n) is 5.29. The zero-order chi connectivity index (χ0) is 17.3. The van der Waals surface area contributed by atoms with Crippen molar-refractivity contribution in [2.24, 2.45) is 0 Å². The predicted molar refractivity (Wildman–Crippen MR) is 99.3 cm³/mol. The third-order valence-corrected chi connectivity index (χ3v) is 4.98. The fourth-order valence-corrected chi connectivity index (χ4v) is 3.66. The van der Waals surface area contributed by atoms with Gasteiger partial charge in [0.15, 0.2) is 5.94 Å². The number of hydrogen-bond acceptors (Lipinski definition) is 6. The van der Waals surface area contributed by atoms with Gasteiger partial charge in [0.25, 0.3) is 0 Å². The van der Waals surface area contributed by atoms with E-state index in [0.29, 0.717) is 11.5 Å². The Morgan fingerprint density at radius 3 is 2.79 bits per heavy atom. The summed E-state index contributed by atoms with van der Waals surface area (Å²) in [5.74, 6) is 2.34. The summed E-state index contributed by atoms with van der Waals surface area (Å²) in [5.41, 5.74) is 9.60. The molecule has 0 aliphatic carbocycles. The van der Waals surface area contributed by atoms with E-state index in [1.165, 1.54) is 6.33 Å². The first-order valence-corrected chi connectivity index (χ1v) is 8.10. The van der Waals surface area contributed by atoms with Crippen LogP contribution in [0.5, 0.6) is 0 Å². The van der Waals surface area contributed by atoms with Crippen LogP contribution in [0.4, 0.5) is 5.82 Å². The van der Waals surface area contributed by atoms with Gasteiger partial charge in [0.1, 0.15) is 17.8 Å². The van der Waals surface area contributed by atoms with Gasteiger partial charge in [-0.15, -0.1) is 11.3 Å². The highest BCUT2D eigenvalue weighted by Crippen LogP contribution is 2.36. The molecule has 0 saturated carbocycles. The number of nitrogen functional groups attached to an aromatic ring is 1. The predicted octanol–water partition coefficient (Wildman–Crippen LogP) is 3.04. The number of aromatic nitrogens is 2. The quantitative estimate of drug-likeness (QED) is 0.716. The zero-order valence-corrected chi connectivity index (χ0v) is 14.2. The molecule has 0 bridgehead atoms. The van der Waals surface area contributed by atoms with Gasteiger partial charge in [-0.2, -0.15) is 0 Å². The van der Waals surface area contributed by atoms with Crippen molar-refractivity contribution in [1.29, 1.82) is 0 Å². The smallest absolute Gasteiger partial charge is 0.150 e. The number of rotatable bonds is 4. The molecule has 2 aromatic heterocycles. The van der Waals surface area contributed by atoms with Crippen molar-refractivity contribution in [1.82, 2.24) is 15.3 Å². The van der Waals surface area contributed by atoms with Crippen LogP contribution in [0.3, 0.4) is 0 Å². The van der Waals surface area contributed by atoms with Gasteiger partial charge in [-0.1, -0.05) is 18.7 Å². The van der Waals surface area contributed by atoms with Crippen molar-refractivity contribution in [3.05, 3.63) is 58.9 Å². The lowest BCUT2D eigenvalue weighted by molar-refractivity contribution is 0.568. The van der Waals surface area contributed by atoms with Crippen LogP contribution in [0.2, 0.25) is 0 Å².